The Bertz CT molecular complexity index is 719. The second-order valence-corrected chi connectivity index (χ2v) is 5.73. The summed E-state index contributed by atoms with van der Waals surface area (Å²) in [6.07, 6.45) is 1.65. The van der Waals surface area contributed by atoms with Crippen molar-refractivity contribution in [3.05, 3.63) is 63.7 Å². The molecule has 0 atom stereocenters. The number of nitrogens with zero attached hydrogens (tertiary/aromatic N) is 1. The van der Waals surface area contributed by atoms with E-state index in [1.165, 1.54) is 5.56 Å². The molecule has 0 aliphatic heterocycles. The average molecular weight is 331 g/mol. The van der Waals surface area contributed by atoms with Crippen LogP contribution >= 0.6 is 11.6 Å². The topological polar surface area (TPSA) is 50.7 Å². The van der Waals surface area contributed by atoms with Crippen LogP contribution in [0, 0.1) is 20.8 Å². The molecule has 0 saturated heterocycles. The van der Waals surface area contributed by atoms with Crippen LogP contribution in [0.1, 0.15) is 22.3 Å². The lowest BCUT2D eigenvalue weighted by Crippen LogP contribution is -2.24. The Balaban J connectivity index is 1.91. The summed E-state index contributed by atoms with van der Waals surface area (Å²) in [6, 6.07) is 11.2. The van der Waals surface area contributed by atoms with Crippen LogP contribution in [-0.2, 0) is 4.79 Å². The van der Waals surface area contributed by atoms with Crippen molar-refractivity contribution < 1.29 is 9.53 Å². The monoisotopic (exact) mass is 330 g/mol. The van der Waals surface area contributed by atoms with E-state index >= 15 is 0 Å². The SMILES string of the molecule is Cc1cc(C)c(/C=N\NC(=O)COc2ccccc2Cl)c(C)c1. The molecule has 0 aliphatic rings. The highest BCUT2D eigenvalue weighted by Gasteiger charge is 2.05. The first kappa shape index (κ1) is 17.0. The highest BCUT2D eigenvalue weighted by atomic mass is 35.5. The lowest BCUT2D eigenvalue weighted by atomic mass is 10.0. The predicted octanol–water partition coefficient (Wildman–Crippen LogP) is 3.79. The molecule has 1 N–H and O–H groups in total. The summed E-state index contributed by atoms with van der Waals surface area (Å²) in [6.45, 7) is 5.94. The third kappa shape index (κ3) is 4.83. The van der Waals surface area contributed by atoms with Gasteiger partial charge in [-0.15, -0.1) is 0 Å². The zero-order valence-corrected chi connectivity index (χ0v) is 14.1. The van der Waals surface area contributed by atoms with Gasteiger partial charge in [0.15, 0.2) is 6.61 Å². The summed E-state index contributed by atoms with van der Waals surface area (Å²) in [5.41, 5.74) is 6.89. The van der Waals surface area contributed by atoms with Gasteiger partial charge >= 0.3 is 0 Å². The smallest absolute Gasteiger partial charge is 0.277 e. The second-order valence-electron chi connectivity index (χ2n) is 5.32. The zero-order valence-electron chi connectivity index (χ0n) is 13.4. The molecule has 0 aromatic heterocycles. The first-order valence-corrected chi connectivity index (χ1v) is 7.62. The molecule has 0 heterocycles. The summed E-state index contributed by atoms with van der Waals surface area (Å²) < 4.78 is 5.35. The molecule has 0 bridgehead atoms. The van der Waals surface area contributed by atoms with Crippen molar-refractivity contribution in [2.45, 2.75) is 20.8 Å². The number of para-hydroxylation sites is 1. The van der Waals surface area contributed by atoms with E-state index in [1.54, 1.807) is 30.5 Å². The maximum Gasteiger partial charge on any atom is 0.277 e. The molecule has 4 nitrogen and oxygen atoms in total. The van der Waals surface area contributed by atoms with Crippen molar-refractivity contribution in [2.75, 3.05) is 6.61 Å². The first-order valence-electron chi connectivity index (χ1n) is 7.24. The van der Waals surface area contributed by atoms with Crippen LogP contribution in [0.15, 0.2) is 41.5 Å². The molecular formula is C18H19ClN2O2. The maximum atomic E-state index is 11.7. The fraction of sp³-hybridized carbons (Fsp3) is 0.222. The van der Waals surface area contributed by atoms with Crippen LogP contribution in [0.5, 0.6) is 5.75 Å². The quantitative estimate of drug-likeness (QED) is 0.669. The molecule has 23 heavy (non-hydrogen) atoms. The molecule has 0 radical (unpaired) electrons. The largest absolute Gasteiger partial charge is 0.482 e. The summed E-state index contributed by atoms with van der Waals surface area (Å²) >= 11 is 5.95. The Labute approximate surface area is 141 Å². The Morgan fingerprint density at radius 3 is 2.52 bits per heavy atom. The number of nitrogens with one attached hydrogen (secondary N) is 1. The Hall–Kier alpha value is -2.33. The van der Waals surface area contributed by atoms with E-state index in [4.69, 9.17) is 16.3 Å². The summed E-state index contributed by atoms with van der Waals surface area (Å²) in [7, 11) is 0. The number of hydrogen-bond acceptors (Lipinski definition) is 3. The van der Waals surface area contributed by atoms with Gasteiger partial charge in [-0.1, -0.05) is 41.4 Å². The molecule has 2 rings (SSSR count). The molecule has 5 heteroatoms. The van der Waals surface area contributed by atoms with Gasteiger partial charge in [-0.3, -0.25) is 4.79 Å². The third-order valence-corrected chi connectivity index (χ3v) is 3.63. The lowest BCUT2D eigenvalue weighted by molar-refractivity contribution is -0.123. The molecule has 0 spiro atoms. The normalized spacial score (nSPS) is 10.8. The number of rotatable bonds is 5. The van der Waals surface area contributed by atoms with Gasteiger partial charge in [0.25, 0.3) is 5.91 Å². The van der Waals surface area contributed by atoms with Gasteiger partial charge in [-0.05, 0) is 44.0 Å². The van der Waals surface area contributed by atoms with E-state index in [-0.39, 0.29) is 12.5 Å². The van der Waals surface area contributed by atoms with Crippen LogP contribution in [0.3, 0.4) is 0 Å². The second kappa shape index (κ2) is 7.79. The molecule has 0 aliphatic carbocycles. The average Bonchev–Trinajstić information content (AvgIpc) is 2.49. The summed E-state index contributed by atoms with van der Waals surface area (Å²) in [5.74, 6) is 0.127. The minimum absolute atomic E-state index is 0.146. The van der Waals surface area contributed by atoms with E-state index in [0.717, 1.165) is 16.7 Å². The van der Waals surface area contributed by atoms with E-state index in [9.17, 15) is 4.79 Å². The molecule has 120 valence electrons. The van der Waals surface area contributed by atoms with Crippen LogP contribution < -0.4 is 10.2 Å². The molecule has 0 saturated carbocycles. The van der Waals surface area contributed by atoms with Gasteiger partial charge in [-0.25, -0.2) is 5.43 Å². The number of carbonyl (C=O) groups excluding carboxylic acids is 1. The Kier molecular flexibility index (Phi) is 5.77. The van der Waals surface area contributed by atoms with Crippen molar-refractivity contribution in [2.24, 2.45) is 5.10 Å². The van der Waals surface area contributed by atoms with Crippen molar-refractivity contribution in [1.29, 1.82) is 0 Å². The van der Waals surface area contributed by atoms with Gasteiger partial charge in [0.2, 0.25) is 0 Å². The van der Waals surface area contributed by atoms with Crippen molar-refractivity contribution in [3.63, 3.8) is 0 Å². The lowest BCUT2D eigenvalue weighted by Gasteiger charge is -2.07. The summed E-state index contributed by atoms with van der Waals surface area (Å²) in [5, 5.41) is 4.46. The third-order valence-electron chi connectivity index (χ3n) is 3.32. The number of ether oxygens (including phenoxy) is 1. The highest BCUT2D eigenvalue weighted by Crippen LogP contribution is 2.22. The number of hydrogen-bond donors (Lipinski definition) is 1. The van der Waals surface area contributed by atoms with E-state index in [1.807, 2.05) is 13.8 Å². The van der Waals surface area contributed by atoms with Gasteiger partial charge in [-0.2, -0.15) is 5.10 Å². The standard InChI is InChI=1S/C18H19ClN2O2/c1-12-8-13(2)15(14(3)9-12)10-20-21-18(22)11-23-17-7-5-4-6-16(17)19/h4-10H,11H2,1-3H3,(H,21,22)/b20-10-. The number of carbonyl (C=O) groups is 1. The van der Waals surface area contributed by atoms with Crippen LogP contribution in [0.2, 0.25) is 5.02 Å². The Morgan fingerprint density at radius 1 is 1.22 bits per heavy atom. The molecular weight excluding hydrogens is 312 g/mol. The molecule has 2 aromatic carbocycles. The van der Waals surface area contributed by atoms with Crippen molar-refractivity contribution in [3.8, 4) is 5.75 Å². The first-order chi connectivity index (χ1) is 11.0. The predicted molar refractivity (Wildman–Crippen MR) is 93.3 cm³/mol. The number of hydrazone groups is 1. The van der Waals surface area contributed by atoms with Crippen LogP contribution in [-0.4, -0.2) is 18.7 Å². The molecule has 0 unspecified atom stereocenters. The number of aryl methyl sites for hydroxylation is 3. The fourth-order valence-corrected chi connectivity index (χ4v) is 2.49. The van der Waals surface area contributed by atoms with Crippen molar-refractivity contribution >= 4 is 23.7 Å². The van der Waals surface area contributed by atoms with Gasteiger partial charge in [0, 0.05) is 5.56 Å². The number of amides is 1. The van der Waals surface area contributed by atoms with Crippen molar-refractivity contribution in [1.82, 2.24) is 5.43 Å². The van der Waals surface area contributed by atoms with Crippen LogP contribution in [0.4, 0.5) is 0 Å². The highest BCUT2D eigenvalue weighted by molar-refractivity contribution is 6.32. The zero-order chi connectivity index (χ0) is 16.8. The number of halogens is 1. The van der Waals surface area contributed by atoms with Gasteiger partial charge < -0.3 is 4.74 Å². The maximum absolute atomic E-state index is 11.7. The minimum Gasteiger partial charge on any atom is -0.482 e. The van der Waals surface area contributed by atoms with Gasteiger partial charge in [0.05, 0.1) is 11.2 Å². The van der Waals surface area contributed by atoms with Gasteiger partial charge in [0.1, 0.15) is 5.75 Å². The molecule has 1 amide bonds. The van der Waals surface area contributed by atoms with E-state index in [0.29, 0.717) is 10.8 Å². The fourth-order valence-electron chi connectivity index (χ4n) is 2.30. The van der Waals surface area contributed by atoms with E-state index in [2.05, 4.69) is 29.6 Å². The minimum atomic E-state index is -0.344. The van der Waals surface area contributed by atoms with Crippen LogP contribution in [0.25, 0.3) is 0 Å². The number of benzene rings is 2. The molecule has 2 aromatic rings. The summed E-state index contributed by atoms with van der Waals surface area (Å²) in [4.78, 5) is 11.7. The Morgan fingerprint density at radius 2 is 1.87 bits per heavy atom. The van der Waals surface area contributed by atoms with E-state index < -0.39 is 0 Å². The molecule has 0 fully saturated rings.